The maximum atomic E-state index is 13.0. The molecule has 32 heavy (non-hydrogen) atoms. The molecular weight excluding hydrogens is 432 g/mol. The Morgan fingerprint density at radius 1 is 1.06 bits per heavy atom. The van der Waals surface area contributed by atoms with E-state index >= 15 is 0 Å². The van der Waals surface area contributed by atoms with Gasteiger partial charge in [-0.3, -0.25) is 14.5 Å². The van der Waals surface area contributed by atoms with Crippen molar-refractivity contribution in [2.24, 2.45) is 5.92 Å². The number of halogens is 4. The Morgan fingerprint density at radius 3 is 2.25 bits per heavy atom. The van der Waals surface area contributed by atoms with Crippen LogP contribution >= 0.6 is 0 Å². The summed E-state index contributed by atoms with van der Waals surface area (Å²) in [6.45, 7) is 2.04. The number of nitrogens with one attached hydrogen (secondary N) is 1. The Balaban J connectivity index is 1.51. The molecule has 1 atom stereocenters. The number of hydrogen-bond donors (Lipinski definition) is 2. The van der Waals surface area contributed by atoms with Gasteiger partial charge in [-0.1, -0.05) is 0 Å². The molecule has 11 heteroatoms. The second-order valence-corrected chi connectivity index (χ2v) is 7.48. The van der Waals surface area contributed by atoms with Gasteiger partial charge in [0.2, 0.25) is 5.91 Å². The zero-order valence-corrected chi connectivity index (χ0v) is 17.0. The first-order chi connectivity index (χ1) is 15.1. The van der Waals surface area contributed by atoms with E-state index < -0.39 is 35.4 Å². The molecular formula is C21H22F4N4O3. The maximum Gasteiger partial charge on any atom is 0.417 e. The molecule has 1 amide bonds. The van der Waals surface area contributed by atoms with Crippen LogP contribution in [0.4, 0.5) is 29.1 Å². The van der Waals surface area contributed by atoms with E-state index in [4.69, 9.17) is 0 Å². The van der Waals surface area contributed by atoms with Crippen LogP contribution < -0.4 is 10.2 Å². The van der Waals surface area contributed by atoms with Crippen molar-refractivity contribution in [1.29, 1.82) is 0 Å². The number of carboxylic acids is 1. The minimum absolute atomic E-state index is 0.153. The average Bonchev–Trinajstić information content (AvgIpc) is 2.75. The molecule has 0 unspecified atom stereocenters. The van der Waals surface area contributed by atoms with Crippen LogP contribution in [0, 0.1) is 11.7 Å². The fraction of sp³-hybridized carbons (Fsp3) is 0.381. The summed E-state index contributed by atoms with van der Waals surface area (Å²) in [6.07, 6.45) is -3.89. The first kappa shape index (κ1) is 23.5. The summed E-state index contributed by atoms with van der Waals surface area (Å²) >= 11 is 0. The molecule has 2 N–H and O–H groups in total. The molecule has 1 aliphatic heterocycles. The van der Waals surface area contributed by atoms with Crippen LogP contribution in [0.2, 0.25) is 0 Å². The standard InChI is InChI=1S/C21H22F4N4O3/c22-16-2-4-17(5-3-16)27-19(30)11-14(20(31)32)13-28-7-9-29(10-8-28)18-6-1-15(12-26-18)21(23,24)25/h1-6,12,14H,7-11,13H2,(H,27,30)(H,31,32)/t14-/m0/s1. The van der Waals surface area contributed by atoms with Crippen LogP contribution in [-0.2, 0) is 15.8 Å². The highest BCUT2D eigenvalue weighted by molar-refractivity contribution is 5.93. The number of aliphatic carboxylic acids is 1. The molecule has 7 nitrogen and oxygen atoms in total. The second kappa shape index (κ2) is 9.94. The van der Waals surface area contributed by atoms with Gasteiger partial charge in [0.25, 0.3) is 0 Å². The van der Waals surface area contributed by atoms with Gasteiger partial charge in [-0.15, -0.1) is 0 Å². The van der Waals surface area contributed by atoms with E-state index in [1.807, 2.05) is 9.80 Å². The highest BCUT2D eigenvalue weighted by Crippen LogP contribution is 2.29. The first-order valence-electron chi connectivity index (χ1n) is 9.90. The lowest BCUT2D eigenvalue weighted by molar-refractivity contribution is -0.144. The Hall–Kier alpha value is -3.21. The molecule has 1 saturated heterocycles. The largest absolute Gasteiger partial charge is 0.481 e. The van der Waals surface area contributed by atoms with E-state index in [1.165, 1.54) is 30.3 Å². The summed E-state index contributed by atoms with van der Waals surface area (Å²) in [5.41, 5.74) is -0.443. The van der Waals surface area contributed by atoms with Gasteiger partial charge < -0.3 is 15.3 Å². The third-order valence-electron chi connectivity index (χ3n) is 5.16. The number of aromatic nitrogens is 1. The van der Waals surface area contributed by atoms with E-state index in [0.29, 0.717) is 37.7 Å². The van der Waals surface area contributed by atoms with Gasteiger partial charge in [0.1, 0.15) is 11.6 Å². The summed E-state index contributed by atoms with van der Waals surface area (Å²) < 4.78 is 51.0. The van der Waals surface area contributed by atoms with Crippen molar-refractivity contribution >= 4 is 23.4 Å². The minimum Gasteiger partial charge on any atom is -0.481 e. The number of piperazine rings is 1. The third-order valence-corrected chi connectivity index (χ3v) is 5.16. The van der Waals surface area contributed by atoms with Crippen molar-refractivity contribution in [1.82, 2.24) is 9.88 Å². The van der Waals surface area contributed by atoms with Crippen molar-refractivity contribution in [3.63, 3.8) is 0 Å². The lowest BCUT2D eigenvalue weighted by Crippen LogP contribution is -2.49. The molecule has 1 aromatic carbocycles. The number of carboxylic acid groups (broad SMARTS) is 1. The fourth-order valence-corrected chi connectivity index (χ4v) is 3.41. The van der Waals surface area contributed by atoms with Gasteiger partial charge in [-0.05, 0) is 36.4 Å². The van der Waals surface area contributed by atoms with Crippen molar-refractivity contribution in [3.05, 3.63) is 54.0 Å². The van der Waals surface area contributed by atoms with Crippen molar-refractivity contribution in [2.75, 3.05) is 42.9 Å². The molecule has 0 radical (unpaired) electrons. The number of benzene rings is 1. The van der Waals surface area contributed by atoms with Crippen LogP contribution in [-0.4, -0.2) is 59.6 Å². The van der Waals surface area contributed by atoms with E-state index in [9.17, 15) is 32.3 Å². The summed E-state index contributed by atoms with van der Waals surface area (Å²) in [5.74, 6) is -2.56. The van der Waals surface area contributed by atoms with Crippen LogP contribution in [0.1, 0.15) is 12.0 Å². The normalized spacial score (nSPS) is 15.9. The number of anilines is 2. The summed E-state index contributed by atoms with van der Waals surface area (Å²) in [7, 11) is 0. The van der Waals surface area contributed by atoms with E-state index in [0.717, 1.165) is 12.3 Å². The first-order valence-corrected chi connectivity index (χ1v) is 9.90. The summed E-state index contributed by atoms with van der Waals surface area (Å²) in [5, 5.41) is 12.1. The van der Waals surface area contributed by atoms with Gasteiger partial charge in [0.15, 0.2) is 0 Å². The molecule has 172 valence electrons. The molecule has 0 spiro atoms. The second-order valence-electron chi connectivity index (χ2n) is 7.48. The Kier molecular flexibility index (Phi) is 7.29. The topological polar surface area (TPSA) is 85.8 Å². The van der Waals surface area contributed by atoms with E-state index in [2.05, 4.69) is 10.3 Å². The van der Waals surface area contributed by atoms with Gasteiger partial charge in [-0.25, -0.2) is 9.37 Å². The zero-order chi connectivity index (χ0) is 23.3. The van der Waals surface area contributed by atoms with Crippen LogP contribution in [0.5, 0.6) is 0 Å². The lowest BCUT2D eigenvalue weighted by atomic mass is 10.0. The molecule has 2 heterocycles. The highest BCUT2D eigenvalue weighted by atomic mass is 19.4. The van der Waals surface area contributed by atoms with Gasteiger partial charge in [-0.2, -0.15) is 13.2 Å². The van der Waals surface area contributed by atoms with E-state index in [1.54, 1.807) is 0 Å². The minimum atomic E-state index is -4.45. The van der Waals surface area contributed by atoms with Gasteiger partial charge in [0.05, 0.1) is 11.5 Å². The number of pyridine rings is 1. The van der Waals surface area contributed by atoms with Crippen molar-refractivity contribution in [3.8, 4) is 0 Å². The number of amides is 1. The molecule has 0 saturated carbocycles. The summed E-state index contributed by atoms with van der Waals surface area (Å²) in [6, 6.07) is 7.45. The zero-order valence-electron chi connectivity index (χ0n) is 17.0. The highest BCUT2D eigenvalue weighted by Gasteiger charge is 2.31. The van der Waals surface area contributed by atoms with Crippen LogP contribution in [0.25, 0.3) is 0 Å². The molecule has 0 bridgehead atoms. The predicted molar refractivity (Wildman–Crippen MR) is 109 cm³/mol. The van der Waals surface area contributed by atoms with Crippen molar-refractivity contribution < 1.29 is 32.3 Å². The number of alkyl halides is 3. The molecule has 1 aromatic heterocycles. The molecule has 3 rings (SSSR count). The fourth-order valence-electron chi connectivity index (χ4n) is 3.41. The number of carbonyl (C=O) groups excluding carboxylic acids is 1. The Morgan fingerprint density at radius 2 is 1.72 bits per heavy atom. The SMILES string of the molecule is O=C(C[C@@H](CN1CCN(c2ccc(C(F)(F)F)cn2)CC1)C(=O)O)Nc1ccc(F)cc1. The van der Waals surface area contributed by atoms with Crippen LogP contribution in [0.3, 0.4) is 0 Å². The molecule has 1 fully saturated rings. The monoisotopic (exact) mass is 454 g/mol. The molecule has 0 aliphatic carbocycles. The quantitative estimate of drug-likeness (QED) is 0.626. The number of nitrogens with zero attached hydrogens (tertiary/aromatic N) is 3. The summed E-state index contributed by atoms with van der Waals surface area (Å²) in [4.78, 5) is 31.4. The lowest BCUT2D eigenvalue weighted by Gasteiger charge is -2.36. The average molecular weight is 454 g/mol. The van der Waals surface area contributed by atoms with Gasteiger partial charge in [0, 0.05) is 51.0 Å². The molecule has 1 aliphatic rings. The molecule has 2 aromatic rings. The predicted octanol–water partition coefficient (Wildman–Crippen LogP) is 3.09. The number of rotatable bonds is 7. The number of carbonyl (C=O) groups is 2. The maximum absolute atomic E-state index is 13.0. The van der Waals surface area contributed by atoms with Gasteiger partial charge >= 0.3 is 12.1 Å². The Labute approximate surface area is 181 Å². The van der Waals surface area contributed by atoms with Crippen molar-refractivity contribution in [2.45, 2.75) is 12.6 Å². The number of hydrogen-bond acceptors (Lipinski definition) is 5. The smallest absolute Gasteiger partial charge is 0.417 e. The Bertz CT molecular complexity index is 928. The van der Waals surface area contributed by atoms with Crippen LogP contribution in [0.15, 0.2) is 42.6 Å². The van der Waals surface area contributed by atoms with E-state index in [-0.39, 0.29) is 13.0 Å². The third kappa shape index (κ3) is 6.39.